The van der Waals surface area contributed by atoms with Crippen molar-refractivity contribution in [2.45, 2.75) is 31.1 Å². The summed E-state index contributed by atoms with van der Waals surface area (Å²) in [5, 5.41) is 3.26. The Morgan fingerprint density at radius 2 is 1.87 bits per heavy atom. The van der Waals surface area contributed by atoms with Gasteiger partial charge in [0.25, 0.3) is 0 Å². The summed E-state index contributed by atoms with van der Waals surface area (Å²) >= 11 is 5.98. The highest BCUT2D eigenvalue weighted by atomic mass is 35.5. The summed E-state index contributed by atoms with van der Waals surface area (Å²) in [4.78, 5) is 12.2. The first kappa shape index (κ1) is 16.0. The Labute approximate surface area is 140 Å². The van der Waals surface area contributed by atoms with Crippen molar-refractivity contribution < 1.29 is 9.18 Å². The number of benzene rings is 2. The molecule has 0 saturated heterocycles. The Morgan fingerprint density at radius 3 is 2.48 bits per heavy atom. The topological polar surface area (TPSA) is 29.1 Å². The fourth-order valence-corrected chi connectivity index (χ4v) is 3.38. The number of amides is 1. The lowest BCUT2D eigenvalue weighted by molar-refractivity contribution is -0.120. The fourth-order valence-electron chi connectivity index (χ4n) is 3.15. The number of rotatable bonds is 5. The summed E-state index contributed by atoms with van der Waals surface area (Å²) < 4.78 is 13.8. The number of carbonyl (C=O) groups is 1. The van der Waals surface area contributed by atoms with Gasteiger partial charge in [-0.1, -0.05) is 54.4 Å². The summed E-state index contributed by atoms with van der Waals surface area (Å²) in [6.45, 7) is 0.585. The van der Waals surface area contributed by atoms with E-state index in [-0.39, 0.29) is 23.3 Å². The first-order valence-corrected chi connectivity index (χ1v) is 8.24. The van der Waals surface area contributed by atoms with Crippen LogP contribution >= 0.6 is 11.6 Å². The smallest absolute Gasteiger partial charge is 0.224 e. The largest absolute Gasteiger partial charge is 0.355 e. The number of nitrogens with one attached hydrogen (secondary N) is 1. The van der Waals surface area contributed by atoms with Crippen LogP contribution < -0.4 is 5.32 Å². The third-order valence-electron chi connectivity index (χ3n) is 4.72. The zero-order valence-electron chi connectivity index (χ0n) is 12.8. The van der Waals surface area contributed by atoms with Crippen molar-refractivity contribution in [2.24, 2.45) is 0 Å². The molecule has 3 rings (SSSR count). The zero-order chi connectivity index (χ0) is 16.3. The molecule has 0 atom stereocenters. The summed E-state index contributed by atoms with van der Waals surface area (Å²) in [5.41, 5.74) is 1.54. The lowest BCUT2D eigenvalue weighted by atomic mass is 9.64. The quantitative estimate of drug-likeness (QED) is 0.871. The van der Waals surface area contributed by atoms with E-state index >= 15 is 0 Å². The van der Waals surface area contributed by atoms with Gasteiger partial charge in [-0.25, -0.2) is 4.39 Å². The number of halogens is 2. The van der Waals surface area contributed by atoms with Crippen LogP contribution in [0.2, 0.25) is 5.02 Å². The molecule has 1 aliphatic carbocycles. The molecule has 1 fully saturated rings. The molecule has 0 heterocycles. The van der Waals surface area contributed by atoms with Gasteiger partial charge in [0.2, 0.25) is 5.91 Å². The molecule has 2 nitrogen and oxygen atoms in total. The van der Waals surface area contributed by atoms with Gasteiger partial charge in [-0.05, 0) is 30.5 Å². The summed E-state index contributed by atoms with van der Waals surface area (Å²) in [5.74, 6) is -0.631. The minimum Gasteiger partial charge on any atom is -0.355 e. The molecular weight excluding hydrogens is 313 g/mol. The average molecular weight is 332 g/mol. The zero-order valence-corrected chi connectivity index (χ0v) is 13.6. The van der Waals surface area contributed by atoms with Gasteiger partial charge in [0.15, 0.2) is 0 Å². The lowest BCUT2D eigenvalue weighted by Crippen LogP contribution is -2.46. The molecule has 0 radical (unpaired) electrons. The third-order valence-corrected chi connectivity index (χ3v) is 5.07. The van der Waals surface area contributed by atoms with Crippen LogP contribution in [0.5, 0.6) is 0 Å². The molecule has 2 aromatic rings. The molecule has 0 bridgehead atoms. The highest BCUT2D eigenvalue weighted by Crippen LogP contribution is 2.43. The Bertz CT molecular complexity index is 678. The van der Waals surface area contributed by atoms with Crippen LogP contribution in [-0.4, -0.2) is 12.5 Å². The second-order valence-corrected chi connectivity index (χ2v) is 6.56. The normalized spacial score (nSPS) is 15.7. The molecule has 1 aliphatic rings. The van der Waals surface area contributed by atoms with E-state index in [1.54, 1.807) is 6.07 Å². The van der Waals surface area contributed by atoms with Gasteiger partial charge in [-0.3, -0.25) is 4.79 Å². The second-order valence-electron chi connectivity index (χ2n) is 6.15. The molecule has 0 aliphatic heterocycles. The maximum Gasteiger partial charge on any atom is 0.224 e. The van der Waals surface area contributed by atoms with Crippen LogP contribution in [0.1, 0.15) is 30.4 Å². The van der Waals surface area contributed by atoms with Gasteiger partial charge in [-0.15, -0.1) is 0 Å². The number of carbonyl (C=O) groups excluding carboxylic acids is 1. The van der Waals surface area contributed by atoms with Crippen LogP contribution in [0, 0.1) is 5.82 Å². The molecule has 120 valence electrons. The van der Waals surface area contributed by atoms with E-state index in [1.807, 2.05) is 18.2 Å². The Balaban J connectivity index is 1.65. The summed E-state index contributed by atoms with van der Waals surface area (Å²) in [6, 6.07) is 14.7. The molecule has 1 amide bonds. The van der Waals surface area contributed by atoms with Crippen molar-refractivity contribution in [3.05, 3.63) is 70.5 Å². The van der Waals surface area contributed by atoms with Gasteiger partial charge in [-0.2, -0.15) is 0 Å². The van der Waals surface area contributed by atoms with Crippen molar-refractivity contribution in [1.29, 1.82) is 0 Å². The fraction of sp³-hybridized carbons (Fsp3) is 0.316. The number of hydrogen-bond donors (Lipinski definition) is 1. The van der Waals surface area contributed by atoms with E-state index in [1.165, 1.54) is 24.1 Å². The lowest BCUT2D eigenvalue weighted by Gasteiger charge is -2.42. The molecule has 1 saturated carbocycles. The Morgan fingerprint density at radius 1 is 1.13 bits per heavy atom. The molecule has 2 aromatic carbocycles. The molecule has 0 spiro atoms. The number of hydrogen-bond acceptors (Lipinski definition) is 1. The molecule has 4 heteroatoms. The Hall–Kier alpha value is -1.87. The van der Waals surface area contributed by atoms with E-state index in [4.69, 9.17) is 11.6 Å². The molecule has 0 unspecified atom stereocenters. The van der Waals surface area contributed by atoms with Gasteiger partial charge >= 0.3 is 0 Å². The predicted molar refractivity (Wildman–Crippen MR) is 90.1 cm³/mol. The van der Waals surface area contributed by atoms with Gasteiger partial charge in [0.05, 0.1) is 6.42 Å². The molecule has 1 N–H and O–H groups in total. The van der Waals surface area contributed by atoms with Gasteiger partial charge in [0.1, 0.15) is 5.82 Å². The molecule has 23 heavy (non-hydrogen) atoms. The SMILES string of the molecule is O=C(Cc1c(F)cccc1Cl)NCC1(c2ccccc2)CCC1. The van der Waals surface area contributed by atoms with Gasteiger partial charge < -0.3 is 5.32 Å². The summed E-state index contributed by atoms with van der Waals surface area (Å²) in [6.07, 6.45) is 3.27. The van der Waals surface area contributed by atoms with Crippen LogP contribution in [0.15, 0.2) is 48.5 Å². The van der Waals surface area contributed by atoms with E-state index < -0.39 is 5.82 Å². The van der Waals surface area contributed by atoms with E-state index in [0.717, 1.165) is 12.8 Å². The third kappa shape index (κ3) is 3.40. The van der Waals surface area contributed by atoms with Crippen molar-refractivity contribution in [2.75, 3.05) is 6.54 Å². The average Bonchev–Trinajstić information content (AvgIpc) is 2.51. The minimum absolute atomic E-state index is 0.0238. The standard InChI is InChI=1S/C19H19ClFNO/c20-16-8-4-9-17(21)15(16)12-18(23)22-13-19(10-5-11-19)14-6-2-1-3-7-14/h1-4,6-9H,5,10-13H2,(H,22,23). The highest BCUT2D eigenvalue weighted by molar-refractivity contribution is 6.31. The minimum atomic E-state index is -0.436. The predicted octanol–water partition coefficient (Wildman–Crippen LogP) is 4.26. The molecular formula is C19H19ClFNO. The highest BCUT2D eigenvalue weighted by Gasteiger charge is 2.38. The van der Waals surface area contributed by atoms with E-state index in [9.17, 15) is 9.18 Å². The van der Waals surface area contributed by atoms with Gasteiger partial charge in [0, 0.05) is 22.5 Å². The monoisotopic (exact) mass is 331 g/mol. The van der Waals surface area contributed by atoms with E-state index in [2.05, 4.69) is 17.4 Å². The van der Waals surface area contributed by atoms with Crippen LogP contribution in [0.25, 0.3) is 0 Å². The first-order chi connectivity index (χ1) is 11.1. The second kappa shape index (κ2) is 6.71. The van der Waals surface area contributed by atoms with E-state index in [0.29, 0.717) is 11.6 Å². The van der Waals surface area contributed by atoms with Crippen molar-refractivity contribution >= 4 is 17.5 Å². The maximum atomic E-state index is 13.8. The van der Waals surface area contributed by atoms with Crippen molar-refractivity contribution in [3.63, 3.8) is 0 Å². The van der Waals surface area contributed by atoms with Crippen LogP contribution in [-0.2, 0) is 16.6 Å². The van der Waals surface area contributed by atoms with Crippen LogP contribution in [0.4, 0.5) is 4.39 Å². The maximum absolute atomic E-state index is 13.8. The first-order valence-electron chi connectivity index (χ1n) is 7.86. The van der Waals surface area contributed by atoms with Crippen LogP contribution in [0.3, 0.4) is 0 Å². The Kier molecular flexibility index (Phi) is 4.67. The van der Waals surface area contributed by atoms with Crippen molar-refractivity contribution in [3.8, 4) is 0 Å². The van der Waals surface area contributed by atoms with Crippen molar-refractivity contribution in [1.82, 2.24) is 5.32 Å². The summed E-state index contributed by atoms with van der Waals surface area (Å²) in [7, 11) is 0. The molecule has 0 aromatic heterocycles.